The lowest BCUT2D eigenvalue weighted by Crippen LogP contribution is -2.73. The van der Waals surface area contributed by atoms with Gasteiger partial charge in [-0.05, 0) is 87.4 Å². The topological polar surface area (TPSA) is 87.1 Å². The molecule has 0 bridgehead atoms. The molecule has 4 fully saturated rings. The predicted octanol–water partition coefficient (Wildman–Crippen LogP) is 2.50. The van der Waals surface area contributed by atoms with Crippen molar-refractivity contribution in [2.75, 3.05) is 58.3 Å². The number of halogens is 1. The SMILES string of the molecule is C=CC(=O)N1CCN(C2NC(OCC3CCCN3C)NC3C[C@]4(CCC32)Cc2cc(F)ccc2N(C)C4)CC1CC#N. The summed E-state index contributed by atoms with van der Waals surface area (Å²) in [5.41, 5.74) is 2.31. The van der Waals surface area contributed by atoms with Gasteiger partial charge in [-0.3, -0.25) is 20.3 Å². The van der Waals surface area contributed by atoms with Crippen molar-refractivity contribution < 1.29 is 13.9 Å². The molecule has 10 heteroatoms. The molecule has 1 aromatic carbocycles. The van der Waals surface area contributed by atoms with Gasteiger partial charge in [-0.15, -0.1) is 0 Å². The molecular formula is C32H46FN7O2. The van der Waals surface area contributed by atoms with Gasteiger partial charge in [-0.2, -0.15) is 5.26 Å². The lowest BCUT2D eigenvalue weighted by molar-refractivity contribution is -0.137. The van der Waals surface area contributed by atoms with Gasteiger partial charge >= 0.3 is 0 Å². The van der Waals surface area contributed by atoms with E-state index < -0.39 is 0 Å². The predicted molar refractivity (Wildman–Crippen MR) is 160 cm³/mol. The Balaban J connectivity index is 1.22. The number of likely N-dealkylation sites (N-methyl/N-ethyl adjacent to an activating group) is 1. The fourth-order valence-corrected chi connectivity index (χ4v) is 8.59. The van der Waals surface area contributed by atoms with Gasteiger partial charge in [-0.25, -0.2) is 4.39 Å². The average molecular weight is 580 g/mol. The van der Waals surface area contributed by atoms with Crippen LogP contribution in [-0.2, 0) is 16.0 Å². The van der Waals surface area contributed by atoms with E-state index in [0.29, 0.717) is 38.1 Å². The lowest BCUT2D eigenvalue weighted by Gasteiger charge is -2.57. The maximum atomic E-state index is 14.3. The van der Waals surface area contributed by atoms with Crippen LogP contribution in [0.4, 0.5) is 10.1 Å². The maximum absolute atomic E-state index is 14.3. The minimum Gasteiger partial charge on any atom is -0.374 e. The number of hydrogen-bond acceptors (Lipinski definition) is 8. The first-order valence-corrected chi connectivity index (χ1v) is 15.7. The van der Waals surface area contributed by atoms with Crippen molar-refractivity contribution in [3.8, 4) is 6.07 Å². The van der Waals surface area contributed by atoms with Gasteiger partial charge in [0, 0.05) is 56.9 Å². The highest BCUT2D eigenvalue weighted by Gasteiger charge is 2.50. The molecule has 5 aliphatic rings. The second-order valence-electron chi connectivity index (χ2n) is 13.3. The van der Waals surface area contributed by atoms with Crippen LogP contribution >= 0.6 is 0 Å². The molecule has 1 saturated carbocycles. The monoisotopic (exact) mass is 579 g/mol. The number of carbonyl (C=O) groups excluding carboxylic acids is 1. The summed E-state index contributed by atoms with van der Waals surface area (Å²) in [6, 6.07) is 8.00. The van der Waals surface area contributed by atoms with Gasteiger partial charge in [0.15, 0.2) is 6.35 Å². The highest BCUT2D eigenvalue weighted by atomic mass is 19.1. The van der Waals surface area contributed by atoms with Crippen LogP contribution in [0.1, 0.15) is 44.1 Å². The summed E-state index contributed by atoms with van der Waals surface area (Å²) in [7, 11) is 4.30. The van der Waals surface area contributed by atoms with Crippen molar-refractivity contribution in [2.45, 2.75) is 75.6 Å². The van der Waals surface area contributed by atoms with Gasteiger partial charge in [0.05, 0.1) is 31.3 Å². The standard InChI is InChI=1S/C32H46FN7O2/c1-4-29(41)40-15-14-39(19-24(40)10-12-34)30-26-9-11-32(17-22-16-23(33)7-8-28(22)38(3)21-32)18-27(26)35-31(36-30)42-20-25-6-5-13-37(25)2/h4,7-8,16,24-27,30-31,35-36H,1,5-6,9-11,13-15,17-21H2,2-3H3/t24?,25?,26?,27?,30?,31?,32-/m0/s1. The number of rotatable bonds is 6. The van der Waals surface area contributed by atoms with E-state index in [1.54, 1.807) is 17.0 Å². The van der Waals surface area contributed by atoms with Crippen LogP contribution in [0.25, 0.3) is 0 Å². The van der Waals surface area contributed by atoms with E-state index in [1.807, 2.05) is 6.07 Å². The van der Waals surface area contributed by atoms with Crippen LogP contribution in [0, 0.1) is 28.5 Å². The Hall–Kier alpha value is -2.55. The summed E-state index contributed by atoms with van der Waals surface area (Å²) in [6.45, 7) is 8.38. The van der Waals surface area contributed by atoms with E-state index in [1.165, 1.54) is 12.5 Å². The zero-order valence-corrected chi connectivity index (χ0v) is 25.1. The third kappa shape index (κ3) is 5.82. The molecule has 2 N–H and O–H groups in total. The van der Waals surface area contributed by atoms with Crippen LogP contribution in [-0.4, -0.2) is 105 Å². The van der Waals surface area contributed by atoms with Crippen LogP contribution in [0.15, 0.2) is 30.9 Å². The molecule has 42 heavy (non-hydrogen) atoms. The number of anilines is 1. The minimum atomic E-state index is -0.284. The second kappa shape index (κ2) is 12.2. The van der Waals surface area contributed by atoms with Crippen molar-refractivity contribution in [1.82, 2.24) is 25.3 Å². The van der Waals surface area contributed by atoms with E-state index >= 15 is 0 Å². The van der Waals surface area contributed by atoms with E-state index in [4.69, 9.17) is 4.74 Å². The fraction of sp³-hybridized carbons (Fsp3) is 0.688. The number of amides is 1. The van der Waals surface area contributed by atoms with Gasteiger partial charge in [-0.1, -0.05) is 6.58 Å². The summed E-state index contributed by atoms with van der Waals surface area (Å²) >= 11 is 0. The van der Waals surface area contributed by atoms with Gasteiger partial charge in [0.1, 0.15) is 5.82 Å². The maximum Gasteiger partial charge on any atom is 0.246 e. The normalized spacial score (nSPS) is 35.5. The number of fused-ring (bicyclic) bond motifs is 2. The van der Waals surface area contributed by atoms with Crippen LogP contribution < -0.4 is 15.5 Å². The largest absolute Gasteiger partial charge is 0.374 e. The third-order valence-electron chi connectivity index (χ3n) is 10.7. The number of ether oxygens (including phenoxy) is 1. The van der Waals surface area contributed by atoms with E-state index in [9.17, 15) is 14.4 Å². The highest BCUT2D eigenvalue weighted by Crippen LogP contribution is 2.48. The molecule has 0 radical (unpaired) electrons. The first-order valence-electron chi connectivity index (χ1n) is 15.7. The Bertz CT molecular complexity index is 1210. The van der Waals surface area contributed by atoms with Crippen molar-refractivity contribution in [1.29, 1.82) is 5.26 Å². The molecule has 4 heterocycles. The van der Waals surface area contributed by atoms with Crippen molar-refractivity contribution in [3.05, 3.63) is 42.2 Å². The summed E-state index contributed by atoms with van der Waals surface area (Å²) in [5.74, 6) is 0.0817. The molecule has 4 aliphatic heterocycles. The third-order valence-corrected chi connectivity index (χ3v) is 10.7. The number of carbonyl (C=O) groups is 1. The summed E-state index contributed by atoms with van der Waals surface area (Å²) < 4.78 is 20.8. The molecule has 1 aromatic rings. The number of piperazine rings is 1. The Morgan fingerprint density at radius 1 is 1.24 bits per heavy atom. The molecule has 1 aliphatic carbocycles. The molecule has 1 spiro atoms. The zero-order chi connectivity index (χ0) is 29.4. The van der Waals surface area contributed by atoms with E-state index in [-0.39, 0.29) is 41.7 Å². The Kier molecular flexibility index (Phi) is 8.58. The van der Waals surface area contributed by atoms with E-state index in [0.717, 1.165) is 63.0 Å². The quantitative estimate of drug-likeness (QED) is 0.498. The minimum absolute atomic E-state index is 0.0697. The molecular weight excluding hydrogens is 533 g/mol. The number of nitriles is 1. The Labute approximate surface area is 249 Å². The van der Waals surface area contributed by atoms with Crippen LogP contribution in [0.5, 0.6) is 0 Å². The zero-order valence-electron chi connectivity index (χ0n) is 25.1. The molecule has 3 saturated heterocycles. The van der Waals surface area contributed by atoms with Crippen molar-refractivity contribution in [2.24, 2.45) is 11.3 Å². The number of likely N-dealkylation sites (tertiary alicyclic amines) is 1. The molecule has 0 aromatic heterocycles. The highest BCUT2D eigenvalue weighted by molar-refractivity contribution is 5.87. The summed E-state index contributed by atoms with van der Waals surface area (Å²) in [6.07, 6.45) is 7.80. The molecule has 6 unspecified atom stereocenters. The average Bonchev–Trinajstić information content (AvgIpc) is 3.39. The van der Waals surface area contributed by atoms with Gasteiger partial charge < -0.3 is 19.4 Å². The number of hydrogen-bond donors (Lipinski definition) is 2. The Morgan fingerprint density at radius 3 is 2.86 bits per heavy atom. The summed E-state index contributed by atoms with van der Waals surface area (Å²) in [4.78, 5) is 21.5. The fourth-order valence-electron chi connectivity index (χ4n) is 8.59. The first kappa shape index (κ1) is 29.5. The number of nitrogens with zero attached hydrogens (tertiary/aromatic N) is 5. The first-order chi connectivity index (χ1) is 20.3. The molecule has 228 valence electrons. The lowest BCUT2D eigenvalue weighted by atomic mass is 9.62. The van der Waals surface area contributed by atoms with Gasteiger partial charge in [0.25, 0.3) is 0 Å². The molecule has 7 atom stereocenters. The summed E-state index contributed by atoms with van der Waals surface area (Å²) in [5, 5.41) is 17.2. The van der Waals surface area contributed by atoms with Crippen molar-refractivity contribution in [3.63, 3.8) is 0 Å². The van der Waals surface area contributed by atoms with Crippen molar-refractivity contribution >= 4 is 11.6 Å². The molecule has 9 nitrogen and oxygen atoms in total. The molecule has 1 amide bonds. The number of benzene rings is 1. The number of nitrogens with one attached hydrogen (secondary N) is 2. The smallest absolute Gasteiger partial charge is 0.246 e. The van der Waals surface area contributed by atoms with Gasteiger partial charge in [0.2, 0.25) is 5.91 Å². The van der Waals surface area contributed by atoms with Crippen LogP contribution in [0.2, 0.25) is 0 Å². The Morgan fingerprint density at radius 2 is 2.10 bits per heavy atom. The molecule has 6 rings (SSSR count). The van der Waals surface area contributed by atoms with E-state index in [2.05, 4.69) is 52.1 Å². The second-order valence-corrected chi connectivity index (χ2v) is 13.3. The van der Waals surface area contributed by atoms with Crippen LogP contribution in [0.3, 0.4) is 0 Å².